The minimum Gasteiger partial charge on any atom is -0.310 e. The van der Waals surface area contributed by atoms with Crippen LogP contribution in [0.2, 0.25) is 0 Å². The Morgan fingerprint density at radius 1 is 0.274 bits per heavy atom. The minimum atomic E-state index is 1.07. The first kappa shape index (κ1) is 35.2. The van der Waals surface area contributed by atoms with Gasteiger partial charge < -0.3 is 9.80 Å². The number of thiophene rings is 2. The van der Waals surface area contributed by atoms with E-state index in [-0.39, 0.29) is 0 Å². The molecule has 62 heavy (non-hydrogen) atoms. The lowest BCUT2D eigenvalue weighted by molar-refractivity contribution is 1.30. The normalized spacial score (nSPS) is 11.9. The van der Waals surface area contributed by atoms with Gasteiger partial charge in [0.25, 0.3) is 0 Å². The van der Waals surface area contributed by atoms with Crippen molar-refractivity contribution in [2.45, 2.75) is 0 Å². The number of hydrogen-bond donors (Lipinski definition) is 0. The number of hydrogen-bond acceptors (Lipinski definition) is 5. The molecule has 3 nitrogen and oxygen atoms in total. The van der Waals surface area contributed by atoms with Gasteiger partial charge in [0.15, 0.2) is 0 Å². The standard InChI is InChI=1S/C57H35N3S2/c1-3-10-38-30-42(19-17-36(38)8-1)59(46-23-27-51-50-12-5-6-14-54(50)61-55(51)34-46)44-21-25-48-40(32-44)15-16-41-33-45(22-26-49(41)48)60(43-20-18-37-9-2-4-11-39(37)31-43)47-24-28-52-53-13-7-29-58-57(53)62-56(52)35-47/h1-35H. The molecule has 0 saturated carbocycles. The number of anilines is 6. The highest BCUT2D eigenvalue weighted by Gasteiger charge is 2.19. The summed E-state index contributed by atoms with van der Waals surface area (Å²) >= 11 is 3.61. The molecule has 0 unspecified atom stereocenters. The summed E-state index contributed by atoms with van der Waals surface area (Å²) in [6.07, 6.45) is 1.88. The van der Waals surface area contributed by atoms with Gasteiger partial charge in [-0.3, -0.25) is 0 Å². The van der Waals surface area contributed by atoms with Crippen LogP contribution in [-0.2, 0) is 0 Å². The molecule has 0 amide bonds. The van der Waals surface area contributed by atoms with Gasteiger partial charge in [0.05, 0.1) is 0 Å². The number of nitrogens with zero attached hydrogens (tertiary/aromatic N) is 3. The van der Waals surface area contributed by atoms with Crippen molar-refractivity contribution in [3.8, 4) is 0 Å². The van der Waals surface area contributed by atoms with E-state index in [1.807, 2.05) is 23.6 Å². The summed E-state index contributed by atoms with van der Waals surface area (Å²) in [6.45, 7) is 0. The zero-order valence-electron chi connectivity index (χ0n) is 33.4. The van der Waals surface area contributed by atoms with Crippen LogP contribution in [0.15, 0.2) is 212 Å². The monoisotopic (exact) mass is 825 g/mol. The summed E-state index contributed by atoms with van der Waals surface area (Å²) in [5, 5.41) is 14.8. The van der Waals surface area contributed by atoms with Gasteiger partial charge in [-0.05, 0) is 134 Å². The van der Waals surface area contributed by atoms with E-state index in [4.69, 9.17) is 0 Å². The fourth-order valence-electron chi connectivity index (χ4n) is 9.44. The van der Waals surface area contributed by atoms with Crippen molar-refractivity contribution in [3.05, 3.63) is 212 Å². The van der Waals surface area contributed by atoms with Crippen LogP contribution in [-0.4, -0.2) is 4.98 Å². The number of pyridine rings is 1. The molecular weight excluding hydrogens is 791 g/mol. The first-order chi connectivity index (χ1) is 30.7. The molecule has 3 heterocycles. The maximum Gasteiger partial charge on any atom is 0.124 e. The first-order valence-corrected chi connectivity index (χ1v) is 22.5. The van der Waals surface area contributed by atoms with Crippen molar-refractivity contribution in [2.24, 2.45) is 0 Å². The highest BCUT2D eigenvalue weighted by molar-refractivity contribution is 7.26. The van der Waals surface area contributed by atoms with Gasteiger partial charge in [0.1, 0.15) is 4.83 Å². The lowest BCUT2D eigenvalue weighted by atomic mass is 9.99. The molecule has 0 saturated heterocycles. The lowest BCUT2D eigenvalue weighted by Gasteiger charge is -2.27. The molecule has 13 rings (SSSR count). The Morgan fingerprint density at radius 2 is 0.677 bits per heavy atom. The van der Waals surface area contributed by atoms with E-state index in [9.17, 15) is 0 Å². The van der Waals surface area contributed by atoms with E-state index in [1.54, 1.807) is 11.3 Å². The summed E-state index contributed by atoms with van der Waals surface area (Å²) in [5.41, 5.74) is 6.75. The van der Waals surface area contributed by atoms with Crippen molar-refractivity contribution in [2.75, 3.05) is 9.80 Å². The van der Waals surface area contributed by atoms with E-state index in [1.165, 1.54) is 78.7 Å². The molecule has 0 aliphatic carbocycles. The van der Waals surface area contributed by atoms with Crippen LogP contribution >= 0.6 is 22.7 Å². The number of rotatable bonds is 6. The summed E-state index contributed by atoms with van der Waals surface area (Å²) in [4.78, 5) is 10.5. The predicted octanol–water partition coefficient (Wildman–Crippen LogP) is 17.4. The van der Waals surface area contributed by atoms with Gasteiger partial charge in [-0.2, -0.15) is 0 Å². The van der Waals surface area contributed by atoms with Crippen molar-refractivity contribution in [1.82, 2.24) is 4.98 Å². The fourth-order valence-corrected chi connectivity index (χ4v) is 11.7. The molecule has 0 aliphatic rings. The van der Waals surface area contributed by atoms with Crippen LogP contribution in [0.5, 0.6) is 0 Å². The van der Waals surface area contributed by atoms with Crippen LogP contribution in [0.4, 0.5) is 34.1 Å². The SMILES string of the molecule is c1ccc2cc(N(c3ccc4c(ccc5cc(N(c6ccc7ccccc7c6)c6ccc7c(c6)sc6ncccc67)ccc54)c3)c3ccc4c(c3)sc3ccccc34)ccc2c1. The van der Waals surface area contributed by atoms with Gasteiger partial charge in [-0.25, -0.2) is 4.98 Å². The quantitative estimate of drug-likeness (QED) is 0.156. The molecule has 0 aliphatic heterocycles. The second kappa shape index (κ2) is 14.0. The average Bonchev–Trinajstić information content (AvgIpc) is 3.89. The summed E-state index contributed by atoms with van der Waals surface area (Å²) in [7, 11) is 0. The fraction of sp³-hybridized carbons (Fsp3) is 0. The Bertz CT molecular complexity index is 3660. The highest BCUT2D eigenvalue weighted by Crippen LogP contribution is 2.45. The van der Waals surface area contributed by atoms with Crippen LogP contribution in [0.3, 0.4) is 0 Å². The van der Waals surface area contributed by atoms with Crippen LogP contribution in [0.25, 0.3) is 83.6 Å². The molecule has 0 radical (unpaired) electrons. The third kappa shape index (κ3) is 5.74. The molecule has 10 aromatic carbocycles. The first-order valence-electron chi connectivity index (χ1n) is 20.9. The Labute approximate surface area is 365 Å². The Balaban J connectivity index is 0.942. The second-order valence-electron chi connectivity index (χ2n) is 16.0. The van der Waals surface area contributed by atoms with E-state index in [0.29, 0.717) is 0 Å². The lowest BCUT2D eigenvalue weighted by Crippen LogP contribution is -2.10. The van der Waals surface area contributed by atoms with Crippen LogP contribution in [0.1, 0.15) is 0 Å². The van der Waals surface area contributed by atoms with E-state index < -0.39 is 0 Å². The summed E-state index contributed by atoms with van der Waals surface area (Å²) in [5.74, 6) is 0. The number of fused-ring (bicyclic) bond motifs is 11. The Kier molecular flexibility index (Phi) is 7.95. The second-order valence-corrected chi connectivity index (χ2v) is 18.1. The van der Waals surface area contributed by atoms with Crippen LogP contribution < -0.4 is 9.80 Å². The molecule has 0 N–H and O–H groups in total. The molecule has 0 spiro atoms. The van der Waals surface area contributed by atoms with Crippen LogP contribution in [0, 0.1) is 0 Å². The van der Waals surface area contributed by atoms with E-state index >= 15 is 0 Å². The third-order valence-corrected chi connectivity index (χ3v) is 14.6. The molecular formula is C57H35N3S2. The molecule has 3 aromatic heterocycles. The molecule has 0 atom stereocenters. The Morgan fingerprint density at radius 3 is 1.27 bits per heavy atom. The maximum atomic E-state index is 4.68. The topological polar surface area (TPSA) is 19.4 Å². The predicted molar refractivity (Wildman–Crippen MR) is 269 cm³/mol. The van der Waals surface area contributed by atoms with E-state index in [0.717, 1.165) is 39.0 Å². The number of aromatic nitrogens is 1. The van der Waals surface area contributed by atoms with Gasteiger partial charge in [0, 0.05) is 76.0 Å². The van der Waals surface area contributed by atoms with Crippen molar-refractivity contribution in [1.29, 1.82) is 0 Å². The smallest absolute Gasteiger partial charge is 0.124 e. The van der Waals surface area contributed by atoms with Crippen molar-refractivity contribution >= 4 is 140 Å². The molecule has 13 aromatic rings. The van der Waals surface area contributed by atoms with Gasteiger partial charge in [0.2, 0.25) is 0 Å². The zero-order valence-corrected chi connectivity index (χ0v) is 35.0. The summed E-state index contributed by atoms with van der Waals surface area (Å²) in [6, 6.07) is 75.9. The largest absolute Gasteiger partial charge is 0.310 e. The summed E-state index contributed by atoms with van der Waals surface area (Å²) < 4.78 is 3.83. The van der Waals surface area contributed by atoms with Gasteiger partial charge in [-0.1, -0.05) is 115 Å². The van der Waals surface area contributed by atoms with E-state index in [2.05, 4.69) is 215 Å². The molecule has 5 heteroatoms. The maximum absolute atomic E-state index is 4.68. The minimum absolute atomic E-state index is 1.07. The number of benzene rings is 10. The highest BCUT2D eigenvalue weighted by atomic mass is 32.1. The molecule has 0 bridgehead atoms. The zero-order chi connectivity index (χ0) is 40.7. The van der Waals surface area contributed by atoms with Gasteiger partial charge in [-0.15, -0.1) is 22.7 Å². The third-order valence-electron chi connectivity index (χ3n) is 12.4. The molecule has 290 valence electrons. The average molecular weight is 826 g/mol. The Hall–Kier alpha value is -7.57. The molecule has 0 fully saturated rings. The van der Waals surface area contributed by atoms with Gasteiger partial charge >= 0.3 is 0 Å². The van der Waals surface area contributed by atoms with Crippen molar-refractivity contribution < 1.29 is 0 Å². The van der Waals surface area contributed by atoms with Crippen molar-refractivity contribution in [3.63, 3.8) is 0 Å².